The molecule has 6 heteroatoms. The number of carbonyl (C=O) groups is 1. The Morgan fingerprint density at radius 3 is 2.64 bits per heavy atom. The fourth-order valence-electron chi connectivity index (χ4n) is 4.79. The highest BCUT2D eigenvalue weighted by molar-refractivity contribution is 5.77. The van der Waals surface area contributed by atoms with Crippen molar-refractivity contribution in [3.63, 3.8) is 0 Å². The van der Waals surface area contributed by atoms with Gasteiger partial charge in [0.15, 0.2) is 0 Å². The molecule has 1 aromatic carbocycles. The average molecular weight is 385 g/mol. The Kier molecular flexibility index (Phi) is 6.27. The Morgan fingerprint density at radius 1 is 1.11 bits per heavy atom. The van der Waals surface area contributed by atoms with E-state index in [1.807, 2.05) is 24.5 Å². The van der Waals surface area contributed by atoms with Gasteiger partial charge in [-0.05, 0) is 25.0 Å². The number of nitrogens with zero attached hydrogens (tertiary/aromatic N) is 3. The van der Waals surface area contributed by atoms with Crippen molar-refractivity contribution >= 4 is 16.9 Å². The van der Waals surface area contributed by atoms with Crippen molar-refractivity contribution in [1.29, 1.82) is 0 Å². The highest BCUT2D eigenvalue weighted by Gasteiger charge is 2.37. The van der Waals surface area contributed by atoms with Crippen molar-refractivity contribution in [2.24, 2.45) is 0 Å². The average Bonchev–Trinajstić information content (AvgIpc) is 3.00. The second-order valence-corrected chi connectivity index (χ2v) is 8.19. The van der Waals surface area contributed by atoms with E-state index < -0.39 is 0 Å². The number of aromatic nitrogens is 2. The van der Waals surface area contributed by atoms with Crippen LogP contribution in [0.25, 0.3) is 11.0 Å². The third-order valence-electron chi connectivity index (χ3n) is 6.44. The summed E-state index contributed by atoms with van der Waals surface area (Å²) in [6, 6.07) is 8.06. The molecule has 1 aromatic heterocycles. The van der Waals surface area contributed by atoms with Crippen LogP contribution in [0, 0.1) is 0 Å². The molecule has 1 amide bonds. The van der Waals surface area contributed by atoms with Crippen LogP contribution in [0.3, 0.4) is 0 Å². The number of fused-ring (bicyclic) bond motifs is 1. The number of hydrogen-bond acceptors (Lipinski definition) is 4. The zero-order valence-electron chi connectivity index (χ0n) is 16.7. The van der Waals surface area contributed by atoms with Crippen LogP contribution in [0.15, 0.2) is 30.6 Å². The Bertz CT molecular complexity index is 774. The van der Waals surface area contributed by atoms with Crippen molar-refractivity contribution in [3.8, 4) is 0 Å². The second-order valence-electron chi connectivity index (χ2n) is 8.19. The molecule has 0 radical (unpaired) electrons. The minimum atomic E-state index is 0.109. The lowest BCUT2D eigenvalue weighted by atomic mass is 9.87. The number of imidazole rings is 1. The summed E-state index contributed by atoms with van der Waals surface area (Å²) >= 11 is 0. The van der Waals surface area contributed by atoms with Gasteiger partial charge in [0.2, 0.25) is 5.91 Å². The molecule has 0 unspecified atom stereocenters. The molecule has 4 rings (SSSR count). The molecule has 2 aliphatic rings. The summed E-state index contributed by atoms with van der Waals surface area (Å²) in [5.74, 6) is 0.134. The van der Waals surface area contributed by atoms with E-state index in [-0.39, 0.29) is 11.4 Å². The number of hydrogen-bond donors (Lipinski definition) is 1. The molecule has 1 saturated heterocycles. The first-order chi connectivity index (χ1) is 13.8. The minimum Gasteiger partial charge on any atom is -0.379 e. The number of carbonyl (C=O) groups excluding carboxylic acids is 1. The standard InChI is InChI=1S/C22H32N4O2/c27-21(9-12-25-18-24-19-7-3-4-8-20(19)25)23-17-22(10-5-1-2-6-11-22)26-13-15-28-16-14-26/h3-4,7-8,18H,1-2,5-6,9-17H2,(H,23,27). The number of amides is 1. The zero-order chi connectivity index (χ0) is 19.2. The van der Waals surface area contributed by atoms with Crippen LogP contribution in [0.1, 0.15) is 44.9 Å². The van der Waals surface area contributed by atoms with Crippen LogP contribution in [-0.2, 0) is 16.1 Å². The van der Waals surface area contributed by atoms with Crippen LogP contribution in [-0.4, -0.2) is 58.7 Å². The van der Waals surface area contributed by atoms with Crippen LogP contribution in [0.4, 0.5) is 0 Å². The van der Waals surface area contributed by atoms with Crippen LogP contribution >= 0.6 is 0 Å². The molecule has 2 aromatic rings. The van der Waals surface area contributed by atoms with Gasteiger partial charge >= 0.3 is 0 Å². The number of nitrogens with one attached hydrogen (secondary N) is 1. The molecule has 0 spiro atoms. The van der Waals surface area contributed by atoms with E-state index in [1.54, 1.807) is 0 Å². The largest absolute Gasteiger partial charge is 0.379 e. The van der Waals surface area contributed by atoms with E-state index in [0.717, 1.165) is 43.9 Å². The number of benzene rings is 1. The fraction of sp³-hybridized carbons (Fsp3) is 0.636. The van der Waals surface area contributed by atoms with Crippen molar-refractivity contribution in [2.45, 2.75) is 57.0 Å². The van der Waals surface area contributed by atoms with Gasteiger partial charge in [-0.3, -0.25) is 9.69 Å². The maximum atomic E-state index is 12.6. The van der Waals surface area contributed by atoms with Gasteiger partial charge in [-0.15, -0.1) is 0 Å². The highest BCUT2D eigenvalue weighted by atomic mass is 16.5. The van der Waals surface area contributed by atoms with Gasteiger partial charge in [0.05, 0.1) is 30.6 Å². The summed E-state index contributed by atoms with van der Waals surface area (Å²) in [6.07, 6.45) is 9.82. The lowest BCUT2D eigenvalue weighted by molar-refractivity contribution is -0.122. The summed E-state index contributed by atoms with van der Waals surface area (Å²) in [5, 5.41) is 3.27. The topological polar surface area (TPSA) is 59.4 Å². The summed E-state index contributed by atoms with van der Waals surface area (Å²) in [4.78, 5) is 19.6. The number of aryl methyl sites for hydroxylation is 1. The molecule has 0 bridgehead atoms. The number of morpholine rings is 1. The van der Waals surface area contributed by atoms with Gasteiger partial charge in [0, 0.05) is 38.1 Å². The number of para-hydroxylation sites is 2. The van der Waals surface area contributed by atoms with E-state index in [2.05, 4.69) is 25.8 Å². The van der Waals surface area contributed by atoms with Crippen molar-refractivity contribution in [1.82, 2.24) is 19.8 Å². The molecule has 1 saturated carbocycles. The molecule has 1 aliphatic heterocycles. The van der Waals surface area contributed by atoms with E-state index in [9.17, 15) is 4.79 Å². The molecule has 152 valence electrons. The monoisotopic (exact) mass is 384 g/mol. The maximum Gasteiger partial charge on any atom is 0.221 e. The first kappa shape index (κ1) is 19.4. The third kappa shape index (κ3) is 4.39. The predicted molar refractivity (Wildman–Crippen MR) is 110 cm³/mol. The molecule has 28 heavy (non-hydrogen) atoms. The van der Waals surface area contributed by atoms with E-state index in [1.165, 1.54) is 38.5 Å². The molecule has 2 fully saturated rings. The number of rotatable bonds is 6. The first-order valence-corrected chi connectivity index (χ1v) is 10.8. The zero-order valence-corrected chi connectivity index (χ0v) is 16.7. The molecule has 6 nitrogen and oxygen atoms in total. The Labute approximate surface area is 167 Å². The summed E-state index contributed by atoms with van der Waals surface area (Å²) in [7, 11) is 0. The predicted octanol–water partition coefficient (Wildman–Crippen LogP) is 2.97. The van der Waals surface area contributed by atoms with Crippen LogP contribution in [0.5, 0.6) is 0 Å². The highest BCUT2D eigenvalue weighted by Crippen LogP contribution is 2.33. The van der Waals surface area contributed by atoms with Crippen molar-refractivity contribution < 1.29 is 9.53 Å². The van der Waals surface area contributed by atoms with Crippen LogP contribution < -0.4 is 5.32 Å². The van der Waals surface area contributed by atoms with Gasteiger partial charge in [-0.25, -0.2) is 4.98 Å². The molecule has 1 N–H and O–H groups in total. The lowest BCUT2D eigenvalue weighted by Gasteiger charge is -2.45. The number of ether oxygens (including phenoxy) is 1. The van der Waals surface area contributed by atoms with E-state index in [0.29, 0.717) is 13.0 Å². The first-order valence-electron chi connectivity index (χ1n) is 10.8. The maximum absolute atomic E-state index is 12.6. The summed E-state index contributed by atoms with van der Waals surface area (Å²) in [5.41, 5.74) is 2.17. The fourth-order valence-corrected chi connectivity index (χ4v) is 4.79. The van der Waals surface area contributed by atoms with Crippen molar-refractivity contribution in [3.05, 3.63) is 30.6 Å². The van der Waals surface area contributed by atoms with E-state index >= 15 is 0 Å². The van der Waals surface area contributed by atoms with Crippen LogP contribution in [0.2, 0.25) is 0 Å². The van der Waals surface area contributed by atoms with E-state index in [4.69, 9.17) is 4.74 Å². The van der Waals surface area contributed by atoms with Gasteiger partial charge in [0.25, 0.3) is 0 Å². The Balaban J connectivity index is 1.35. The minimum absolute atomic E-state index is 0.109. The van der Waals surface area contributed by atoms with Gasteiger partial charge in [-0.2, -0.15) is 0 Å². The third-order valence-corrected chi connectivity index (χ3v) is 6.44. The Hall–Kier alpha value is -1.92. The molecule has 2 heterocycles. The quantitative estimate of drug-likeness (QED) is 0.778. The molecule has 1 aliphatic carbocycles. The van der Waals surface area contributed by atoms with Gasteiger partial charge < -0.3 is 14.6 Å². The molecular formula is C22H32N4O2. The smallest absolute Gasteiger partial charge is 0.221 e. The molecule has 0 atom stereocenters. The SMILES string of the molecule is O=C(CCn1cnc2ccccc21)NCC1(N2CCOCC2)CCCCCC1. The Morgan fingerprint density at radius 2 is 1.86 bits per heavy atom. The normalized spacial score (nSPS) is 20.7. The van der Waals surface area contributed by atoms with Gasteiger partial charge in [-0.1, -0.05) is 37.8 Å². The second kappa shape index (κ2) is 9.05. The summed E-state index contributed by atoms with van der Waals surface area (Å²) < 4.78 is 7.64. The summed E-state index contributed by atoms with van der Waals surface area (Å²) in [6.45, 7) is 5.01. The lowest BCUT2D eigenvalue weighted by Crippen LogP contribution is -2.58. The molecular weight excluding hydrogens is 352 g/mol. The van der Waals surface area contributed by atoms with Crippen molar-refractivity contribution in [2.75, 3.05) is 32.8 Å². The van der Waals surface area contributed by atoms with Gasteiger partial charge in [0.1, 0.15) is 0 Å².